The van der Waals surface area contributed by atoms with E-state index in [1.54, 1.807) is 45.0 Å². The van der Waals surface area contributed by atoms with Gasteiger partial charge in [0.25, 0.3) is 0 Å². The van der Waals surface area contributed by atoms with Gasteiger partial charge in [0.05, 0.1) is 12.0 Å². The molecule has 0 radical (unpaired) electrons. The van der Waals surface area contributed by atoms with Crippen LogP contribution in [-0.2, 0) is 21.4 Å². The lowest BCUT2D eigenvalue weighted by molar-refractivity contribution is 0.0526. The second kappa shape index (κ2) is 22.1. The number of methoxy groups -OCH3 is 1. The maximum atomic E-state index is 13.0. The molecule has 0 saturated carbocycles. The van der Waals surface area contributed by atoms with E-state index < -0.39 is 21.7 Å². The molecule has 0 fully saturated rings. The molecule has 1 N–H and O–H groups in total. The number of benzene rings is 3. The number of carbonyl (C=O) groups is 1. The van der Waals surface area contributed by atoms with Crippen molar-refractivity contribution in [2.75, 3.05) is 26.7 Å². The average Bonchev–Trinajstić information content (AvgIpc) is 3.04. The fourth-order valence-corrected chi connectivity index (χ4v) is 5.39. The first-order chi connectivity index (χ1) is 21.8. The van der Waals surface area contributed by atoms with Crippen molar-refractivity contribution in [3.05, 3.63) is 90.0 Å². The highest BCUT2D eigenvalue weighted by Crippen LogP contribution is 2.21. The highest BCUT2D eigenvalue weighted by atomic mass is 32.2. The first-order valence-electron chi connectivity index (χ1n) is 14.8. The monoisotopic (exact) mass is 650 g/mol. The number of hydrogen-bond acceptors (Lipinski definition) is 6. The molecule has 0 aliphatic rings. The molecule has 0 bridgehead atoms. The Morgan fingerprint density at radius 1 is 0.870 bits per heavy atom. The van der Waals surface area contributed by atoms with E-state index in [1.807, 2.05) is 44.2 Å². The van der Waals surface area contributed by atoms with Crippen LogP contribution < -0.4 is 14.8 Å². The van der Waals surface area contributed by atoms with Crippen molar-refractivity contribution in [2.24, 2.45) is 5.92 Å². The van der Waals surface area contributed by atoms with Crippen molar-refractivity contribution < 1.29 is 27.4 Å². The zero-order valence-corrected chi connectivity index (χ0v) is 29.0. The van der Waals surface area contributed by atoms with E-state index in [2.05, 4.69) is 62.2 Å². The summed E-state index contributed by atoms with van der Waals surface area (Å²) in [6, 6.07) is 24.6. The summed E-state index contributed by atoms with van der Waals surface area (Å²) in [7, 11) is -2.08. The van der Waals surface area contributed by atoms with Gasteiger partial charge in [0, 0.05) is 19.6 Å². The van der Waals surface area contributed by atoms with Crippen molar-refractivity contribution in [3.8, 4) is 37.2 Å². The van der Waals surface area contributed by atoms with Crippen LogP contribution in [0.5, 0.6) is 11.5 Å². The highest BCUT2D eigenvalue weighted by Gasteiger charge is 2.25. The molecule has 250 valence electrons. The molecule has 3 aromatic carbocycles. The summed E-state index contributed by atoms with van der Waals surface area (Å²) in [6.45, 7) is 13.1. The highest BCUT2D eigenvalue weighted by molar-refractivity contribution is 7.89. The molecule has 0 saturated heterocycles. The number of nitrogens with one attached hydrogen (secondary N) is 1. The van der Waals surface area contributed by atoms with Crippen LogP contribution >= 0.6 is 0 Å². The molecule has 0 aromatic heterocycles. The minimum Gasteiger partial charge on any atom is -0.497 e. The molecule has 0 spiro atoms. The predicted molar refractivity (Wildman–Crippen MR) is 187 cm³/mol. The fraction of sp³-hybridized carbons (Fsp3) is 0.378. The summed E-state index contributed by atoms with van der Waals surface area (Å²) in [5, 5.41) is 2.65. The van der Waals surface area contributed by atoms with Gasteiger partial charge in [-0.25, -0.2) is 13.2 Å². The van der Waals surface area contributed by atoms with Crippen LogP contribution in [0.3, 0.4) is 0 Å². The second-order valence-electron chi connectivity index (χ2n) is 11.3. The Balaban J connectivity index is 0.000000892. The van der Waals surface area contributed by atoms with E-state index in [9.17, 15) is 13.2 Å². The lowest BCUT2D eigenvalue weighted by Gasteiger charge is -2.24. The maximum absolute atomic E-state index is 13.0. The number of rotatable bonds is 12. The summed E-state index contributed by atoms with van der Waals surface area (Å²) < 4.78 is 43.3. The number of hydrogen-bond donors (Lipinski definition) is 1. The third-order valence-corrected chi connectivity index (χ3v) is 7.67. The normalized spacial score (nSPS) is 10.5. The molecule has 0 aliphatic carbocycles. The Bertz CT molecular complexity index is 1390. The van der Waals surface area contributed by atoms with Crippen molar-refractivity contribution in [1.29, 1.82) is 0 Å². The van der Waals surface area contributed by atoms with E-state index in [0.717, 1.165) is 5.75 Å². The van der Waals surface area contributed by atoms with Crippen molar-refractivity contribution >= 4 is 16.1 Å². The molecule has 0 aliphatic heterocycles. The maximum Gasteiger partial charge on any atom is 0.407 e. The number of ether oxygens (including phenoxy) is 3. The molecule has 8 nitrogen and oxygen atoms in total. The van der Waals surface area contributed by atoms with Gasteiger partial charge in [0.15, 0.2) is 0 Å². The van der Waals surface area contributed by atoms with Crippen LogP contribution in [0.2, 0.25) is 0 Å². The standard InChI is InChI=1S/C19H32N2O5S.C14H14O.2C2H2/c1-15(2)14-21(13-7-12-20-18(22)26-19(3,4)5)27(23,24)17-10-8-16(25-6)9-11-17;1-12-7-9-14(10-8-12)15-11-13-5-3-2-4-6-13;2*1-2/h8-11,15H,7,12-14H2,1-6H3,(H,20,22);2-10H,11H2,1H3;2*1-2H. The number of sulfonamides is 1. The van der Waals surface area contributed by atoms with Gasteiger partial charge in [-0.05, 0) is 82.0 Å². The van der Waals surface area contributed by atoms with Crippen LogP contribution in [0.25, 0.3) is 0 Å². The first kappa shape index (κ1) is 41.6. The number of terminal acetylenes is 2. The third-order valence-electron chi connectivity index (χ3n) is 5.79. The number of aryl methyl sites for hydroxylation is 1. The molecule has 1 amide bonds. The molecule has 0 atom stereocenters. The van der Waals surface area contributed by atoms with Gasteiger partial charge in [-0.15, -0.1) is 25.7 Å². The first-order valence-corrected chi connectivity index (χ1v) is 16.3. The third kappa shape index (κ3) is 17.2. The molecule has 0 unspecified atom stereocenters. The Morgan fingerprint density at radius 2 is 1.41 bits per heavy atom. The minimum absolute atomic E-state index is 0.178. The van der Waals surface area contributed by atoms with Crippen molar-refractivity contribution in [3.63, 3.8) is 0 Å². The van der Waals surface area contributed by atoms with Gasteiger partial charge in [-0.2, -0.15) is 4.31 Å². The summed E-state index contributed by atoms with van der Waals surface area (Å²) in [5.41, 5.74) is 1.88. The molecular weight excluding hydrogens is 600 g/mol. The summed E-state index contributed by atoms with van der Waals surface area (Å²) in [6.07, 6.45) is 16.0. The number of alkyl carbamates (subject to hydrolysis) is 1. The van der Waals surface area contributed by atoms with Gasteiger partial charge in [0.2, 0.25) is 10.0 Å². The Hall–Kier alpha value is -4.44. The molecule has 3 aromatic rings. The van der Waals surface area contributed by atoms with Gasteiger partial charge >= 0.3 is 6.09 Å². The van der Waals surface area contributed by atoms with E-state index >= 15 is 0 Å². The lowest BCUT2D eigenvalue weighted by Crippen LogP contribution is -2.37. The van der Waals surface area contributed by atoms with Gasteiger partial charge < -0.3 is 19.5 Å². The number of nitrogens with zero attached hydrogens (tertiary/aromatic N) is 1. The topological polar surface area (TPSA) is 94.2 Å². The zero-order chi connectivity index (χ0) is 35.2. The number of carbonyl (C=O) groups excluding carboxylic acids is 1. The zero-order valence-electron chi connectivity index (χ0n) is 28.2. The quantitative estimate of drug-likeness (QED) is 0.163. The predicted octanol–water partition coefficient (Wildman–Crippen LogP) is 7.33. The lowest BCUT2D eigenvalue weighted by atomic mass is 10.2. The van der Waals surface area contributed by atoms with E-state index in [4.69, 9.17) is 14.2 Å². The molecular formula is C37H50N2O6S. The summed E-state index contributed by atoms with van der Waals surface area (Å²) >= 11 is 0. The van der Waals surface area contributed by atoms with Crippen LogP contribution in [0, 0.1) is 38.5 Å². The molecule has 46 heavy (non-hydrogen) atoms. The minimum atomic E-state index is -3.62. The van der Waals surface area contributed by atoms with E-state index in [-0.39, 0.29) is 10.8 Å². The van der Waals surface area contributed by atoms with Crippen LogP contribution in [0.15, 0.2) is 83.8 Å². The Kier molecular flexibility index (Phi) is 20.0. The van der Waals surface area contributed by atoms with E-state index in [0.29, 0.717) is 38.4 Å². The molecule has 3 rings (SSSR count). The SMILES string of the molecule is C#C.C#C.COc1ccc(S(=O)(=O)N(CCCNC(=O)OC(C)(C)C)CC(C)C)cc1.Cc1ccc(OCc2ccccc2)cc1. The van der Waals surface area contributed by atoms with E-state index in [1.165, 1.54) is 22.5 Å². The fourth-order valence-electron chi connectivity index (χ4n) is 3.75. The Labute approximate surface area is 277 Å². The van der Waals surface area contributed by atoms with Crippen molar-refractivity contribution in [1.82, 2.24) is 9.62 Å². The number of amides is 1. The largest absolute Gasteiger partial charge is 0.497 e. The smallest absolute Gasteiger partial charge is 0.407 e. The Morgan fingerprint density at radius 3 is 1.91 bits per heavy atom. The van der Waals surface area contributed by atoms with Crippen LogP contribution in [0.1, 0.15) is 52.2 Å². The summed E-state index contributed by atoms with van der Waals surface area (Å²) in [5.74, 6) is 1.70. The average molecular weight is 651 g/mol. The van der Waals surface area contributed by atoms with Crippen molar-refractivity contribution in [2.45, 2.75) is 65.1 Å². The van der Waals surface area contributed by atoms with Gasteiger partial charge in [-0.3, -0.25) is 0 Å². The summed E-state index contributed by atoms with van der Waals surface area (Å²) in [4.78, 5) is 11.9. The second-order valence-corrected chi connectivity index (χ2v) is 13.2. The van der Waals surface area contributed by atoms with Crippen LogP contribution in [-0.4, -0.2) is 51.2 Å². The van der Waals surface area contributed by atoms with Crippen LogP contribution in [0.4, 0.5) is 4.79 Å². The molecule has 0 heterocycles. The molecule has 9 heteroatoms. The van der Waals surface area contributed by atoms with Gasteiger partial charge in [0.1, 0.15) is 23.7 Å². The van der Waals surface area contributed by atoms with Gasteiger partial charge in [-0.1, -0.05) is 61.9 Å².